The zero-order valence-corrected chi connectivity index (χ0v) is 15.0. The molecule has 1 fully saturated rings. The van der Waals surface area contributed by atoms with Crippen molar-refractivity contribution in [1.29, 1.82) is 0 Å². The lowest BCUT2D eigenvalue weighted by Gasteiger charge is -2.36. The summed E-state index contributed by atoms with van der Waals surface area (Å²) in [7, 11) is 1.73. The zero-order chi connectivity index (χ0) is 18.0. The number of hydrogen-bond donors (Lipinski definition) is 0. The predicted molar refractivity (Wildman–Crippen MR) is 90.2 cm³/mol. The molecule has 1 unspecified atom stereocenters. The third-order valence-electron chi connectivity index (χ3n) is 5.15. The fourth-order valence-electron chi connectivity index (χ4n) is 3.89. The van der Waals surface area contributed by atoms with E-state index in [0.717, 1.165) is 31.6 Å². The molecule has 0 aromatic heterocycles. The minimum absolute atomic E-state index is 0.177. The summed E-state index contributed by atoms with van der Waals surface area (Å²) in [5, 5.41) is 0. The summed E-state index contributed by atoms with van der Waals surface area (Å²) in [6.45, 7) is 8.23. The normalized spacial score (nSPS) is 21.2. The van der Waals surface area contributed by atoms with Crippen LogP contribution in [0.3, 0.4) is 0 Å². The van der Waals surface area contributed by atoms with Crippen LogP contribution in [0.2, 0.25) is 0 Å². The number of ether oxygens (including phenoxy) is 1. The zero-order valence-electron chi connectivity index (χ0n) is 15.0. The number of halogens is 3. The van der Waals surface area contributed by atoms with Gasteiger partial charge in [0.2, 0.25) is 0 Å². The van der Waals surface area contributed by atoms with E-state index < -0.39 is 11.7 Å². The van der Waals surface area contributed by atoms with Crippen LogP contribution in [-0.4, -0.2) is 37.2 Å². The topological polar surface area (TPSA) is 12.5 Å². The molecule has 0 amide bonds. The molecule has 1 aliphatic rings. The SMILES string of the molecule is COC[C@@H]1CCCN1C(C)CC(C)(C)c1ccc(C(F)(F)F)cc1. The minimum atomic E-state index is -4.28. The summed E-state index contributed by atoms with van der Waals surface area (Å²) in [6, 6.07) is 6.42. The second-order valence-corrected chi connectivity index (χ2v) is 7.50. The highest BCUT2D eigenvalue weighted by molar-refractivity contribution is 5.29. The van der Waals surface area contributed by atoms with E-state index in [-0.39, 0.29) is 5.41 Å². The largest absolute Gasteiger partial charge is 0.416 e. The van der Waals surface area contributed by atoms with E-state index in [9.17, 15) is 13.2 Å². The number of hydrogen-bond acceptors (Lipinski definition) is 2. The lowest BCUT2D eigenvalue weighted by molar-refractivity contribution is -0.137. The quantitative estimate of drug-likeness (QED) is 0.730. The summed E-state index contributed by atoms with van der Waals surface area (Å²) in [4.78, 5) is 2.48. The maximum absolute atomic E-state index is 12.7. The molecule has 2 rings (SSSR count). The van der Waals surface area contributed by atoms with Crippen molar-refractivity contribution in [3.8, 4) is 0 Å². The van der Waals surface area contributed by atoms with Crippen molar-refractivity contribution in [3.05, 3.63) is 35.4 Å². The Morgan fingerprint density at radius 3 is 2.29 bits per heavy atom. The molecule has 1 saturated heterocycles. The molecular formula is C19H28F3NO. The molecule has 0 aliphatic carbocycles. The van der Waals surface area contributed by atoms with E-state index in [4.69, 9.17) is 4.74 Å². The highest BCUT2D eigenvalue weighted by atomic mass is 19.4. The molecule has 1 aliphatic heterocycles. The molecule has 0 radical (unpaired) electrons. The minimum Gasteiger partial charge on any atom is -0.383 e. The van der Waals surface area contributed by atoms with Crippen LogP contribution in [0.1, 0.15) is 51.2 Å². The fourth-order valence-corrected chi connectivity index (χ4v) is 3.89. The van der Waals surface area contributed by atoms with E-state index in [1.807, 2.05) is 0 Å². The van der Waals surface area contributed by atoms with Gasteiger partial charge < -0.3 is 4.74 Å². The van der Waals surface area contributed by atoms with Gasteiger partial charge in [-0.2, -0.15) is 13.2 Å². The molecule has 1 aromatic rings. The van der Waals surface area contributed by atoms with E-state index in [2.05, 4.69) is 25.7 Å². The predicted octanol–water partition coefficient (Wildman–Crippen LogP) is 4.87. The first kappa shape index (κ1) is 19.3. The van der Waals surface area contributed by atoms with Crippen LogP contribution in [0, 0.1) is 0 Å². The van der Waals surface area contributed by atoms with Gasteiger partial charge >= 0.3 is 6.18 Å². The number of nitrogens with zero attached hydrogens (tertiary/aromatic N) is 1. The van der Waals surface area contributed by atoms with Crippen molar-refractivity contribution in [2.45, 2.75) is 63.7 Å². The molecule has 2 atom stereocenters. The first-order valence-corrected chi connectivity index (χ1v) is 8.57. The highest BCUT2D eigenvalue weighted by Gasteiger charge is 2.34. The second-order valence-electron chi connectivity index (χ2n) is 7.50. The Balaban J connectivity index is 2.07. The number of methoxy groups -OCH3 is 1. The van der Waals surface area contributed by atoms with Gasteiger partial charge in [0, 0.05) is 19.2 Å². The van der Waals surface area contributed by atoms with Crippen molar-refractivity contribution in [2.24, 2.45) is 0 Å². The highest BCUT2D eigenvalue weighted by Crippen LogP contribution is 2.35. The summed E-state index contributed by atoms with van der Waals surface area (Å²) in [6.07, 6.45) is -1.05. The van der Waals surface area contributed by atoms with Crippen molar-refractivity contribution in [1.82, 2.24) is 4.90 Å². The van der Waals surface area contributed by atoms with E-state index >= 15 is 0 Å². The van der Waals surface area contributed by atoms with E-state index in [1.54, 1.807) is 19.2 Å². The molecule has 0 saturated carbocycles. The molecule has 0 bridgehead atoms. The van der Waals surface area contributed by atoms with Crippen LogP contribution in [-0.2, 0) is 16.3 Å². The average Bonchev–Trinajstić information content (AvgIpc) is 2.95. The number of rotatable bonds is 6. The third-order valence-corrected chi connectivity index (χ3v) is 5.15. The average molecular weight is 343 g/mol. The maximum Gasteiger partial charge on any atom is 0.416 e. The maximum atomic E-state index is 12.7. The van der Waals surface area contributed by atoms with E-state index in [0.29, 0.717) is 12.1 Å². The number of alkyl halides is 3. The van der Waals surface area contributed by atoms with Gasteiger partial charge in [0.1, 0.15) is 0 Å². The van der Waals surface area contributed by atoms with Gasteiger partial charge in [0.25, 0.3) is 0 Å². The molecule has 0 N–H and O–H groups in total. The van der Waals surface area contributed by atoms with Crippen LogP contribution in [0.4, 0.5) is 13.2 Å². The molecule has 5 heteroatoms. The van der Waals surface area contributed by atoms with Gasteiger partial charge in [-0.15, -0.1) is 0 Å². The molecular weight excluding hydrogens is 315 g/mol. The molecule has 2 nitrogen and oxygen atoms in total. The molecule has 136 valence electrons. The van der Waals surface area contributed by atoms with Crippen molar-refractivity contribution < 1.29 is 17.9 Å². The van der Waals surface area contributed by atoms with Crippen molar-refractivity contribution in [2.75, 3.05) is 20.3 Å². The van der Waals surface area contributed by atoms with Crippen molar-refractivity contribution >= 4 is 0 Å². The first-order chi connectivity index (χ1) is 11.1. The van der Waals surface area contributed by atoms with Crippen LogP contribution >= 0.6 is 0 Å². The van der Waals surface area contributed by atoms with Gasteiger partial charge in [-0.3, -0.25) is 4.90 Å². The molecule has 0 spiro atoms. The Kier molecular flexibility index (Phi) is 5.97. The monoisotopic (exact) mass is 343 g/mol. The summed E-state index contributed by atoms with van der Waals surface area (Å²) >= 11 is 0. The Morgan fingerprint density at radius 1 is 1.17 bits per heavy atom. The summed E-state index contributed by atoms with van der Waals surface area (Å²) in [5.74, 6) is 0. The van der Waals surface area contributed by atoms with Gasteiger partial charge in [-0.25, -0.2) is 0 Å². The van der Waals surface area contributed by atoms with Crippen LogP contribution in [0.5, 0.6) is 0 Å². The fraction of sp³-hybridized carbons (Fsp3) is 0.684. The molecule has 1 aromatic carbocycles. The van der Waals surface area contributed by atoms with Gasteiger partial charge in [-0.05, 0) is 55.8 Å². The van der Waals surface area contributed by atoms with E-state index in [1.165, 1.54) is 18.6 Å². The first-order valence-electron chi connectivity index (χ1n) is 8.57. The Bertz CT molecular complexity index is 524. The van der Waals surface area contributed by atoms with Crippen LogP contribution < -0.4 is 0 Å². The lowest BCUT2D eigenvalue weighted by Crippen LogP contribution is -2.42. The van der Waals surface area contributed by atoms with Crippen LogP contribution in [0.15, 0.2) is 24.3 Å². The number of likely N-dealkylation sites (tertiary alicyclic amines) is 1. The third kappa shape index (κ3) is 4.51. The van der Waals surface area contributed by atoms with Gasteiger partial charge in [0.05, 0.1) is 12.2 Å². The van der Waals surface area contributed by atoms with Gasteiger partial charge in [-0.1, -0.05) is 26.0 Å². The second kappa shape index (κ2) is 7.44. The van der Waals surface area contributed by atoms with Gasteiger partial charge in [0.15, 0.2) is 0 Å². The summed E-state index contributed by atoms with van der Waals surface area (Å²) in [5.41, 5.74) is 0.184. The Labute approximate surface area is 143 Å². The molecule has 24 heavy (non-hydrogen) atoms. The Morgan fingerprint density at radius 2 is 1.75 bits per heavy atom. The number of benzene rings is 1. The smallest absolute Gasteiger partial charge is 0.383 e. The van der Waals surface area contributed by atoms with Crippen molar-refractivity contribution in [3.63, 3.8) is 0 Å². The van der Waals surface area contributed by atoms with Crippen LogP contribution in [0.25, 0.3) is 0 Å². The standard InChI is InChI=1S/C19H28F3NO/c1-14(23-11-5-6-17(23)13-24-4)12-18(2,3)15-7-9-16(10-8-15)19(20,21)22/h7-10,14,17H,5-6,11-13H2,1-4H3/t14?,17-/m0/s1. The lowest BCUT2D eigenvalue weighted by atomic mass is 9.78. The molecule has 1 heterocycles. The Hall–Kier alpha value is -1.07. The summed E-state index contributed by atoms with van der Waals surface area (Å²) < 4.78 is 43.5.